The molecule has 3 nitrogen and oxygen atoms in total. The van der Waals surface area contributed by atoms with Crippen molar-refractivity contribution < 1.29 is 4.79 Å². The van der Waals surface area contributed by atoms with Gasteiger partial charge in [0.25, 0.3) is 5.91 Å². The Morgan fingerprint density at radius 1 is 1.11 bits per heavy atom. The maximum atomic E-state index is 12.2. The minimum absolute atomic E-state index is 0.106. The molecule has 0 fully saturated rings. The summed E-state index contributed by atoms with van der Waals surface area (Å²) in [6.07, 6.45) is 8.53. The van der Waals surface area contributed by atoms with Gasteiger partial charge in [0.1, 0.15) is 0 Å². The first-order chi connectivity index (χ1) is 12.7. The van der Waals surface area contributed by atoms with E-state index in [1.807, 2.05) is 37.3 Å². The molecule has 0 spiro atoms. The van der Waals surface area contributed by atoms with Crippen molar-refractivity contribution >= 4 is 5.91 Å². The molecule has 3 heteroatoms. The van der Waals surface area contributed by atoms with Crippen LogP contribution >= 0.6 is 0 Å². The summed E-state index contributed by atoms with van der Waals surface area (Å²) in [5.74, 6) is 0.386. The Morgan fingerprint density at radius 3 is 2.52 bits per heavy atom. The van der Waals surface area contributed by atoms with Gasteiger partial charge in [0.05, 0.1) is 0 Å². The summed E-state index contributed by atoms with van der Waals surface area (Å²) >= 11 is 0. The molecule has 27 heavy (non-hydrogen) atoms. The van der Waals surface area contributed by atoms with Gasteiger partial charge in [-0.3, -0.25) is 10.2 Å². The van der Waals surface area contributed by atoms with Crippen molar-refractivity contribution in [1.29, 1.82) is 0 Å². The molecule has 2 N–H and O–H groups in total. The molecular weight excluding hydrogens is 332 g/mol. The van der Waals surface area contributed by atoms with Gasteiger partial charge in [0.2, 0.25) is 0 Å². The summed E-state index contributed by atoms with van der Waals surface area (Å²) in [7, 11) is 0. The lowest BCUT2D eigenvalue weighted by molar-refractivity contribution is 0.0938. The molecule has 1 atom stereocenters. The minimum atomic E-state index is -0.106. The SMILES string of the molecule is C/C(=C/[C@@H]1CC2=C(CC1(C)C)C(C)(C)CCC2)NNC(=O)c1ccccc1. The molecule has 2 aliphatic rings. The summed E-state index contributed by atoms with van der Waals surface area (Å²) in [5, 5.41) is 0. The largest absolute Gasteiger partial charge is 0.303 e. The first kappa shape index (κ1) is 19.7. The summed E-state index contributed by atoms with van der Waals surface area (Å²) in [6, 6.07) is 9.30. The van der Waals surface area contributed by atoms with Crippen LogP contribution in [0.3, 0.4) is 0 Å². The Bertz CT molecular complexity index is 756. The number of hydrazine groups is 1. The summed E-state index contributed by atoms with van der Waals surface area (Å²) in [5.41, 5.74) is 11.6. The molecule has 3 rings (SSSR count). The van der Waals surface area contributed by atoms with Crippen molar-refractivity contribution in [3.8, 4) is 0 Å². The minimum Gasteiger partial charge on any atom is -0.303 e. The van der Waals surface area contributed by atoms with Crippen LogP contribution in [0, 0.1) is 16.7 Å². The van der Waals surface area contributed by atoms with Gasteiger partial charge in [0, 0.05) is 11.3 Å². The van der Waals surface area contributed by atoms with Crippen LogP contribution in [0.5, 0.6) is 0 Å². The van der Waals surface area contributed by atoms with E-state index in [9.17, 15) is 4.79 Å². The fraction of sp³-hybridized carbons (Fsp3) is 0.542. The Morgan fingerprint density at radius 2 is 1.81 bits per heavy atom. The predicted octanol–water partition coefficient (Wildman–Crippen LogP) is 5.77. The van der Waals surface area contributed by atoms with Crippen LogP contribution in [-0.4, -0.2) is 5.91 Å². The Kier molecular flexibility index (Phi) is 5.50. The van der Waals surface area contributed by atoms with Gasteiger partial charge < -0.3 is 5.43 Å². The number of hydrogen-bond acceptors (Lipinski definition) is 2. The molecule has 0 saturated heterocycles. The molecule has 2 aliphatic carbocycles. The van der Waals surface area contributed by atoms with Crippen LogP contribution in [0.1, 0.15) is 77.1 Å². The number of nitrogens with one attached hydrogen (secondary N) is 2. The maximum absolute atomic E-state index is 12.2. The van der Waals surface area contributed by atoms with E-state index < -0.39 is 0 Å². The average Bonchev–Trinajstić information content (AvgIpc) is 2.61. The smallest absolute Gasteiger partial charge is 0.269 e. The van der Waals surface area contributed by atoms with Crippen molar-refractivity contribution in [3.63, 3.8) is 0 Å². The second-order valence-corrected chi connectivity index (χ2v) is 9.59. The third-order valence-electron chi connectivity index (χ3n) is 6.49. The molecule has 0 unspecified atom stereocenters. The summed E-state index contributed by atoms with van der Waals surface area (Å²) in [4.78, 5) is 12.2. The summed E-state index contributed by atoms with van der Waals surface area (Å²) < 4.78 is 0. The number of hydrogen-bond donors (Lipinski definition) is 2. The zero-order chi connectivity index (χ0) is 19.7. The monoisotopic (exact) mass is 366 g/mol. The third kappa shape index (κ3) is 4.45. The topological polar surface area (TPSA) is 41.1 Å². The lowest BCUT2D eigenvalue weighted by Crippen LogP contribution is -2.38. The lowest BCUT2D eigenvalue weighted by atomic mass is 9.58. The number of carbonyl (C=O) groups excluding carboxylic acids is 1. The van der Waals surface area contributed by atoms with Crippen LogP contribution in [0.15, 0.2) is 53.3 Å². The standard InChI is InChI=1S/C24H34N2O/c1-17(25-26-22(27)18-10-7-6-8-11-18)14-20-15-19-12-9-13-23(2,3)21(19)16-24(20,4)5/h6-8,10-11,14,20,25H,9,12-13,15-16H2,1-5H3,(H,26,27)/b17-14-/t20-/m1/s1. The van der Waals surface area contributed by atoms with E-state index in [1.54, 1.807) is 11.1 Å². The van der Waals surface area contributed by atoms with Crippen LogP contribution in [-0.2, 0) is 0 Å². The molecule has 0 radical (unpaired) electrons. The molecule has 0 saturated carbocycles. The van der Waals surface area contributed by atoms with Crippen LogP contribution in [0.4, 0.5) is 0 Å². The molecule has 0 heterocycles. The van der Waals surface area contributed by atoms with Crippen LogP contribution in [0.25, 0.3) is 0 Å². The van der Waals surface area contributed by atoms with Crippen molar-refractivity contribution in [3.05, 3.63) is 58.8 Å². The lowest BCUT2D eigenvalue weighted by Gasteiger charge is -2.47. The molecule has 146 valence electrons. The van der Waals surface area contributed by atoms with Crippen molar-refractivity contribution in [2.45, 2.75) is 66.7 Å². The van der Waals surface area contributed by atoms with Gasteiger partial charge in [-0.15, -0.1) is 0 Å². The molecule has 0 aromatic heterocycles. The highest BCUT2D eigenvalue weighted by Crippen LogP contribution is 2.53. The zero-order valence-corrected chi connectivity index (χ0v) is 17.5. The van der Waals surface area contributed by atoms with E-state index in [-0.39, 0.29) is 11.3 Å². The van der Waals surface area contributed by atoms with E-state index in [1.165, 1.54) is 25.7 Å². The number of benzene rings is 1. The van der Waals surface area contributed by atoms with Gasteiger partial charge in [0.15, 0.2) is 0 Å². The molecule has 0 bridgehead atoms. The zero-order valence-electron chi connectivity index (χ0n) is 17.5. The highest BCUT2D eigenvalue weighted by molar-refractivity contribution is 5.93. The highest BCUT2D eigenvalue weighted by Gasteiger charge is 2.41. The van der Waals surface area contributed by atoms with Crippen LogP contribution in [0.2, 0.25) is 0 Å². The van der Waals surface area contributed by atoms with Crippen molar-refractivity contribution in [2.24, 2.45) is 16.7 Å². The first-order valence-corrected chi connectivity index (χ1v) is 10.2. The van der Waals surface area contributed by atoms with E-state index in [0.717, 1.165) is 12.1 Å². The van der Waals surface area contributed by atoms with Gasteiger partial charge in [-0.2, -0.15) is 0 Å². The van der Waals surface area contributed by atoms with E-state index in [2.05, 4.69) is 44.6 Å². The quantitative estimate of drug-likeness (QED) is 0.525. The Balaban J connectivity index is 1.68. The van der Waals surface area contributed by atoms with Crippen molar-refractivity contribution in [1.82, 2.24) is 10.9 Å². The van der Waals surface area contributed by atoms with E-state index in [0.29, 0.717) is 16.9 Å². The van der Waals surface area contributed by atoms with E-state index >= 15 is 0 Å². The predicted molar refractivity (Wildman–Crippen MR) is 112 cm³/mol. The Hall–Kier alpha value is -2.03. The number of carbonyl (C=O) groups is 1. The number of amides is 1. The number of allylic oxidation sites excluding steroid dienone is 4. The fourth-order valence-corrected chi connectivity index (χ4v) is 4.69. The number of rotatable bonds is 4. The first-order valence-electron chi connectivity index (χ1n) is 10.2. The Labute approximate surface area is 164 Å². The second-order valence-electron chi connectivity index (χ2n) is 9.59. The average molecular weight is 367 g/mol. The summed E-state index contributed by atoms with van der Waals surface area (Å²) in [6.45, 7) is 11.6. The second kappa shape index (κ2) is 7.53. The van der Waals surface area contributed by atoms with Gasteiger partial charge >= 0.3 is 0 Å². The molecule has 1 amide bonds. The van der Waals surface area contributed by atoms with Gasteiger partial charge in [-0.25, -0.2) is 0 Å². The highest BCUT2D eigenvalue weighted by atomic mass is 16.2. The maximum Gasteiger partial charge on any atom is 0.269 e. The molecular formula is C24H34N2O. The van der Waals surface area contributed by atoms with Crippen molar-refractivity contribution in [2.75, 3.05) is 0 Å². The molecule has 1 aromatic carbocycles. The molecule has 1 aromatic rings. The van der Waals surface area contributed by atoms with Gasteiger partial charge in [-0.1, -0.05) is 63.1 Å². The molecule has 0 aliphatic heterocycles. The fourth-order valence-electron chi connectivity index (χ4n) is 4.69. The normalized spacial score (nSPS) is 24.2. The third-order valence-corrected chi connectivity index (χ3v) is 6.49. The van der Waals surface area contributed by atoms with Crippen LogP contribution < -0.4 is 10.9 Å². The van der Waals surface area contributed by atoms with E-state index in [4.69, 9.17) is 0 Å². The van der Waals surface area contributed by atoms with Gasteiger partial charge in [-0.05, 0) is 67.9 Å².